The number of fused-ring (bicyclic) bond motifs is 1. The second-order valence-corrected chi connectivity index (χ2v) is 5.05. The zero-order chi connectivity index (χ0) is 7.84. The number of aryl methyl sites for hydroxylation is 1. The summed E-state index contributed by atoms with van der Waals surface area (Å²) in [5.74, 6) is 0. The molecule has 0 N–H and O–H groups in total. The van der Waals surface area contributed by atoms with Crippen LogP contribution in [0.2, 0.25) is 0 Å². The van der Waals surface area contributed by atoms with Gasteiger partial charge in [-0.1, -0.05) is 0 Å². The van der Waals surface area contributed by atoms with Gasteiger partial charge in [0, 0.05) is 0 Å². The summed E-state index contributed by atoms with van der Waals surface area (Å²) in [5.41, 5.74) is 4.26. The second kappa shape index (κ2) is 2.53. The Bertz CT molecular complexity index is 324. The fourth-order valence-electron chi connectivity index (χ4n) is 1.49. The van der Waals surface area contributed by atoms with Gasteiger partial charge >= 0.3 is 73.7 Å². The molecule has 0 saturated heterocycles. The van der Waals surface area contributed by atoms with Crippen LogP contribution in [0.15, 0.2) is 18.2 Å². The van der Waals surface area contributed by atoms with Gasteiger partial charge in [0.15, 0.2) is 0 Å². The summed E-state index contributed by atoms with van der Waals surface area (Å²) < 4.78 is 1.56. The molecule has 0 spiro atoms. The van der Waals surface area contributed by atoms with Gasteiger partial charge in [0.25, 0.3) is 0 Å². The number of hydrogen-bond donors (Lipinski definition) is 0. The van der Waals surface area contributed by atoms with E-state index in [1.54, 1.807) is 4.35 Å². The molecule has 1 heteroatoms. The molecular weight excluding hydrogens is 195 g/mol. The molecular formula is C10H10As. The zero-order valence-corrected chi connectivity index (χ0v) is 8.83. The van der Waals surface area contributed by atoms with Gasteiger partial charge in [-0.3, -0.25) is 0 Å². The SMILES string of the molecule is CC1=[C][AsH]c2cccc(C)c21. The number of benzene rings is 1. The Morgan fingerprint density at radius 2 is 2.09 bits per heavy atom. The molecule has 0 bridgehead atoms. The third-order valence-corrected chi connectivity index (χ3v) is 4.52. The summed E-state index contributed by atoms with van der Waals surface area (Å²) in [6.45, 7) is 4.35. The molecule has 0 fully saturated rings. The van der Waals surface area contributed by atoms with Crippen molar-refractivity contribution in [3.63, 3.8) is 0 Å². The molecule has 2 rings (SSSR count). The van der Waals surface area contributed by atoms with Crippen LogP contribution < -0.4 is 4.35 Å². The Kier molecular flexibility index (Phi) is 1.65. The van der Waals surface area contributed by atoms with Gasteiger partial charge in [0.1, 0.15) is 0 Å². The number of rotatable bonds is 0. The van der Waals surface area contributed by atoms with E-state index >= 15 is 0 Å². The van der Waals surface area contributed by atoms with Gasteiger partial charge in [0.2, 0.25) is 0 Å². The molecule has 1 aromatic carbocycles. The molecule has 0 aliphatic carbocycles. The van der Waals surface area contributed by atoms with Crippen LogP contribution in [0, 0.1) is 11.8 Å². The minimum absolute atomic E-state index is 0.0476. The molecule has 11 heavy (non-hydrogen) atoms. The summed E-state index contributed by atoms with van der Waals surface area (Å²) in [6.07, 6.45) is 0. The van der Waals surface area contributed by atoms with Crippen LogP contribution >= 0.6 is 0 Å². The fourth-order valence-corrected chi connectivity index (χ4v) is 3.88. The summed E-state index contributed by atoms with van der Waals surface area (Å²) >= 11 is -0.0476. The van der Waals surface area contributed by atoms with Crippen molar-refractivity contribution in [2.24, 2.45) is 0 Å². The molecule has 0 nitrogen and oxygen atoms in total. The van der Waals surface area contributed by atoms with Crippen LogP contribution in [-0.2, 0) is 0 Å². The molecule has 55 valence electrons. The van der Waals surface area contributed by atoms with Gasteiger partial charge in [0.05, 0.1) is 0 Å². The quantitative estimate of drug-likeness (QED) is 0.559. The summed E-state index contributed by atoms with van der Waals surface area (Å²) in [5, 5.41) is 0. The van der Waals surface area contributed by atoms with Crippen molar-refractivity contribution < 1.29 is 0 Å². The number of hydrogen-bond acceptors (Lipinski definition) is 0. The first-order valence-electron chi connectivity index (χ1n) is 3.74. The van der Waals surface area contributed by atoms with Crippen LogP contribution in [0.4, 0.5) is 0 Å². The van der Waals surface area contributed by atoms with E-state index in [9.17, 15) is 0 Å². The average Bonchev–Trinajstić information content (AvgIpc) is 2.34. The van der Waals surface area contributed by atoms with Gasteiger partial charge in [-0.2, -0.15) is 0 Å². The Balaban J connectivity index is 2.67. The van der Waals surface area contributed by atoms with Crippen molar-refractivity contribution in [2.45, 2.75) is 13.8 Å². The van der Waals surface area contributed by atoms with E-state index in [4.69, 9.17) is 0 Å². The second-order valence-electron chi connectivity index (χ2n) is 2.87. The molecule has 1 atom stereocenters. The minimum atomic E-state index is -0.0476. The first-order chi connectivity index (χ1) is 5.29. The van der Waals surface area contributed by atoms with Crippen molar-refractivity contribution in [2.75, 3.05) is 0 Å². The van der Waals surface area contributed by atoms with Crippen LogP contribution in [0.5, 0.6) is 0 Å². The molecule has 1 aliphatic heterocycles. The predicted octanol–water partition coefficient (Wildman–Crippen LogP) is 1.23. The standard InChI is InChI=1S/C10H10As/c1-7-4-3-5-9-10(7)8(2)6-11-9/h3-5,11H,1-2H3. The Morgan fingerprint density at radius 1 is 1.27 bits per heavy atom. The van der Waals surface area contributed by atoms with Gasteiger partial charge < -0.3 is 0 Å². The van der Waals surface area contributed by atoms with Gasteiger partial charge in [-0.05, 0) is 0 Å². The third-order valence-electron chi connectivity index (χ3n) is 2.03. The van der Waals surface area contributed by atoms with E-state index in [-0.39, 0.29) is 15.8 Å². The van der Waals surface area contributed by atoms with Crippen molar-refractivity contribution in [3.05, 3.63) is 34.2 Å². The molecule has 1 unspecified atom stereocenters. The Morgan fingerprint density at radius 3 is 2.82 bits per heavy atom. The number of allylic oxidation sites excluding steroid dienone is 1. The molecule has 0 aromatic heterocycles. The molecule has 1 aliphatic rings. The molecule has 1 aromatic rings. The molecule has 0 saturated carbocycles. The zero-order valence-electron chi connectivity index (χ0n) is 6.73. The summed E-state index contributed by atoms with van der Waals surface area (Å²) in [7, 11) is 0. The van der Waals surface area contributed by atoms with Crippen molar-refractivity contribution in [1.82, 2.24) is 0 Å². The van der Waals surface area contributed by atoms with Crippen molar-refractivity contribution >= 4 is 25.7 Å². The first kappa shape index (κ1) is 7.18. The fraction of sp³-hybridized carbons (Fsp3) is 0.200. The van der Waals surface area contributed by atoms with Gasteiger partial charge in [-0.25, -0.2) is 0 Å². The normalized spacial score (nSPS) is 16.7. The van der Waals surface area contributed by atoms with Crippen molar-refractivity contribution in [3.8, 4) is 0 Å². The Hall–Kier alpha value is -0.482. The van der Waals surface area contributed by atoms with E-state index in [0.717, 1.165) is 0 Å². The van der Waals surface area contributed by atoms with E-state index in [0.29, 0.717) is 0 Å². The van der Waals surface area contributed by atoms with E-state index in [2.05, 4.69) is 36.9 Å². The topological polar surface area (TPSA) is 0 Å². The first-order valence-corrected chi connectivity index (χ1v) is 5.84. The van der Waals surface area contributed by atoms with Gasteiger partial charge in [-0.15, -0.1) is 0 Å². The third kappa shape index (κ3) is 1.06. The predicted molar refractivity (Wildman–Crippen MR) is 50.3 cm³/mol. The van der Waals surface area contributed by atoms with E-state index in [1.807, 2.05) is 0 Å². The molecule has 1 heterocycles. The average molecular weight is 205 g/mol. The summed E-state index contributed by atoms with van der Waals surface area (Å²) in [4.78, 5) is 3.47. The van der Waals surface area contributed by atoms with Crippen LogP contribution in [0.3, 0.4) is 0 Å². The van der Waals surface area contributed by atoms with E-state index < -0.39 is 0 Å². The van der Waals surface area contributed by atoms with Crippen LogP contribution in [0.1, 0.15) is 18.1 Å². The Labute approximate surface area is 74.0 Å². The van der Waals surface area contributed by atoms with Crippen LogP contribution in [-0.4, -0.2) is 15.8 Å². The monoisotopic (exact) mass is 205 g/mol. The molecule has 0 amide bonds. The van der Waals surface area contributed by atoms with Crippen molar-refractivity contribution in [1.29, 1.82) is 0 Å². The molecule has 1 radical (unpaired) electrons. The maximum atomic E-state index is 3.47. The van der Waals surface area contributed by atoms with Crippen LogP contribution in [0.25, 0.3) is 5.57 Å². The summed E-state index contributed by atoms with van der Waals surface area (Å²) in [6, 6.07) is 6.57. The van der Waals surface area contributed by atoms with E-state index in [1.165, 1.54) is 16.7 Å². The maximum absolute atomic E-state index is 3.47.